The van der Waals surface area contributed by atoms with Crippen LogP contribution < -0.4 is 9.62 Å². The largest absolute Gasteiger partial charge is 0.305 e. The highest BCUT2D eigenvalue weighted by molar-refractivity contribution is 7.92. The fourth-order valence-corrected chi connectivity index (χ4v) is 4.93. The second-order valence-corrected chi connectivity index (χ2v) is 8.94. The van der Waals surface area contributed by atoms with Gasteiger partial charge in [-0.15, -0.1) is 0 Å². The first-order chi connectivity index (χ1) is 13.9. The summed E-state index contributed by atoms with van der Waals surface area (Å²) in [5.74, 6) is -0.124. The van der Waals surface area contributed by atoms with Gasteiger partial charge in [-0.2, -0.15) is 0 Å². The predicted octanol–water partition coefficient (Wildman–Crippen LogP) is 4.39. The summed E-state index contributed by atoms with van der Waals surface area (Å²) in [6.07, 6.45) is 0.807. The van der Waals surface area contributed by atoms with Gasteiger partial charge >= 0.3 is 0 Å². The molecule has 6 heteroatoms. The van der Waals surface area contributed by atoms with E-state index < -0.39 is 10.0 Å². The Hall–Kier alpha value is -3.12. The van der Waals surface area contributed by atoms with Crippen molar-refractivity contribution in [3.05, 3.63) is 89.5 Å². The predicted molar refractivity (Wildman–Crippen MR) is 115 cm³/mol. The highest BCUT2D eigenvalue weighted by atomic mass is 32.2. The van der Waals surface area contributed by atoms with E-state index in [1.54, 1.807) is 48.2 Å². The minimum absolute atomic E-state index is 0.0453. The fourth-order valence-electron chi connectivity index (χ4n) is 3.79. The molecule has 0 radical (unpaired) electrons. The summed E-state index contributed by atoms with van der Waals surface area (Å²) in [5, 5.41) is 0. The molecular formula is C23H22N2O3S. The lowest BCUT2D eigenvalue weighted by molar-refractivity contribution is 0.0981. The second-order valence-electron chi connectivity index (χ2n) is 7.25. The Morgan fingerprint density at radius 1 is 0.966 bits per heavy atom. The van der Waals surface area contributed by atoms with Gasteiger partial charge in [-0.25, -0.2) is 8.42 Å². The van der Waals surface area contributed by atoms with Gasteiger partial charge < -0.3 is 4.90 Å². The van der Waals surface area contributed by atoms with Gasteiger partial charge in [0.15, 0.2) is 0 Å². The van der Waals surface area contributed by atoms with Gasteiger partial charge in [0, 0.05) is 17.3 Å². The van der Waals surface area contributed by atoms with Crippen LogP contribution in [0.1, 0.15) is 28.4 Å². The molecule has 0 spiro atoms. The number of carbonyl (C=O) groups excluding carboxylic acids is 1. The van der Waals surface area contributed by atoms with Crippen molar-refractivity contribution in [1.29, 1.82) is 0 Å². The highest BCUT2D eigenvalue weighted by Crippen LogP contribution is 2.34. The molecule has 1 aliphatic rings. The molecule has 4 rings (SSSR count). The van der Waals surface area contributed by atoms with E-state index in [9.17, 15) is 13.2 Å². The molecule has 1 aliphatic heterocycles. The first-order valence-electron chi connectivity index (χ1n) is 9.47. The number of benzene rings is 3. The first kappa shape index (κ1) is 19.2. The zero-order valence-electron chi connectivity index (χ0n) is 16.3. The lowest BCUT2D eigenvalue weighted by atomic mass is 10.1. The van der Waals surface area contributed by atoms with E-state index in [0.29, 0.717) is 16.8 Å². The van der Waals surface area contributed by atoms with Crippen LogP contribution in [0.15, 0.2) is 77.7 Å². The molecule has 0 saturated carbocycles. The maximum absolute atomic E-state index is 13.4. The molecule has 0 aromatic heterocycles. The molecule has 1 heterocycles. The van der Waals surface area contributed by atoms with Gasteiger partial charge in [-0.3, -0.25) is 9.52 Å². The number of para-hydroxylation sites is 1. The third-order valence-corrected chi connectivity index (χ3v) is 6.67. The van der Waals surface area contributed by atoms with Crippen molar-refractivity contribution in [1.82, 2.24) is 0 Å². The zero-order chi connectivity index (χ0) is 20.6. The van der Waals surface area contributed by atoms with E-state index in [0.717, 1.165) is 17.7 Å². The summed E-state index contributed by atoms with van der Waals surface area (Å²) < 4.78 is 28.0. The Bertz CT molecular complexity index is 1170. The van der Waals surface area contributed by atoms with Crippen LogP contribution in [0.2, 0.25) is 0 Å². The summed E-state index contributed by atoms with van der Waals surface area (Å²) in [5.41, 5.74) is 3.56. The molecule has 29 heavy (non-hydrogen) atoms. The smallest absolute Gasteiger partial charge is 0.261 e. The number of amides is 1. The normalized spacial score (nSPS) is 15.8. The number of hydrogen-bond donors (Lipinski definition) is 1. The number of carbonyl (C=O) groups is 1. The summed E-state index contributed by atoms with van der Waals surface area (Å²) >= 11 is 0. The average molecular weight is 407 g/mol. The molecular weight excluding hydrogens is 384 g/mol. The van der Waals surface area contributed by atoms with Crippen molar-refractivity contribution < 1.29 is 13.2 Å². The lowest BCUT2D eigenvalue weighted by Crippen LogP contribution is -2.36. The van der Waals surface area contributed by atoms with Crippen LogP contribution in [-0.4, -0.2) is 20.4 Å². The summed E-state index contributed by atoms with van der Waals surface area (Å²) in [7, 11) is -3.73. The Morgan fingerprint density at radius 3 is 2.41 bits per heavy atom. The van der Waals surface area contributed by atoms with Crippen LogP contribution in [0, 0.1) is 6.92 Å². The molecule has 1 atom stereocenters. The lowest BCUT2D eigenvalue weighted by Gasteiger charge is -2.24. The summed E-state index contributed by atoms with van der Waals surface area (Å²) in [4.78, 5) is 15.4. The van der Waals surface area contributed by atoms with Crippen LogP contribution in [0.5, 0.6) is 0 Å². The van der Waals surface area contributed by atoms with Gasteiger partial charge in [-0.05, 0) is 61.7 Å². The van der Waals surface area contributed by atoms with Crippen LogP contribution in [0.25, 0.3) is 0 Å². The number of nitrogens with one attached hydrogen (secondary N) is 1. The zero-order valence-corrected chi connectivity index (χ0v) is 17.1. The van der Waals surface area contributed by atoms with Crippen molar-refractivity contribution in [2.75, 3.05) is 9.62 Å². The minimum atomic E-state index is -3.73. The summed E-state index contributed by atoms with van der Waals surface area (Å²) in [6, 6.07) is 21.2. The fraction of sp³-hybridized carbons (Fsp3) is 0.174. The molecule has 0 saturated heterocycles. The van der Waals surface area contributed by atoms with E-state index in [2.05, 4.69) is 4.72 Å². The highest BCUT2D eigenvalue weighted by Gasteiger charge is 2.32. The molecule has 1 amide bonds. The molecule has 0 fully saturated rings. The molecule has 5 nitrogen and oxygen atoms in total. The van der Waals surface area contributed by atoms with Gasteiger partial charge in [0.05, 0.1) is 10.6 Å². The molecule has 1 N–H and O–H groups in total. The average Bonchev–Trinajstić information content (AvgIpc) is 3.05. The SMILES string of the molecule is Cc1c(NS(=O)(=O)c2ccccc2)cccc1C(=O)N1c2ccccc2CC1C. The Kier molecular flexibility index (Phi) is 4.88. The van der Waals surface area contributed by atoms with Crippen LogP contribution in [0.3, 0.4) is 0 Å². The van der Waals surface area contributed by atoms with E-state index in [-0.39, 0.29) is 16.8 Å². The monoisotopic (exact) mass is 406 g/mol. The number of hydrogen-bond acceptors (Lipinski definition) is 3. The summed E-state index contributed by atoms with van der Waals surface area (Å²) in [6.45, 7) is 3.79. The molecule has 148 valence electrons. The molecule has 3 aromatic rings. The maximum atomic E-state index is 13.4. The van der Waals surface area contributed by atoms with E-state index in [1.807, 2.05) is 31.2 Å². The first-order valence-corrected chi connectivity index (χ1v) is 11.0. The van der Waals surface area contributed by atoms with Gasteiger partial charge in [0.2, 0.25) is 0 Å². The Morgan fingerprint density at radius 2 is 1.66 bits per heavy atom. The van der Waals surface area contributed by atoms with Gasteiger partial charge in [0.25, 0.3) is 15.9 Å². The van der Waals surface area contributed by atoms with Gasteiger partial charge in [-0.1, -0.05) is 42.5 Å². The van der Waals surface area contributed by atoms with E-state index in [1.165, 1.54) is 12.1 Å². The van der Waals surface area contributed by atoms with Crippen molar-refractivity contribution in [2.45, 2.75) is 31.2 Å². The topological polar surface area (TPSA) is 66.5 Å². The quantitative estimate of drug-likeness (QED) is 0.699. The number of fused-ring (bicyclic) bond motifs is 1. The maximum Gasteiger partial charge on any atom is 0.261 e. The third kappa shape index (κ3) is 3.51. The number of anilines is 2. The standard InChI is InChI=1S/C23H22N2O3S/c1-16-15-18-9-6-7-14-22(18)25(16)23(26)20-12-8-13-21(17(20)2)24-29(27,28)19-10-4-3-5-11-19/h3-14,16,24H,15H2,1-2H3. The van der Waals surface area contributed by atoms with Crippen LogP contribution in [0.4, 0.5) is 11.4 Å². The number of sulfonamides is 1. The molecule has 0 aliphatic carbocycles. The van der Waals surface area contributed by atoms with Crippen molar-refractivity contribution in [3.8, 4) is 0 Å². The minimum Gasteiger partial charge on any atom is -0.305 e. The van der Waals surface area contributed by atoms with E-state index >= 15 is 0 Å². The Balaban J connectivity index is 1.68. The number of rotatable bonds is 4. The molecule has 0 bridgehead atoms. The van der Waals surface area contributed by atoms with Crippen LogP contribution >= 0.6 is 0 Å². The van der Waals surface area contributed by atoms with Crippen molar-refractivity contribution >= 4 is 27.3 Å². The molecule has 1 unspecified atom stereocenters. The number of nitrogens with zero attached hydrogens (tertiary/aromatic N) is 1. The van der Waals surface area contributed by atoms with Gasteiger partial charge in [0.1, 0.15) is 0 Å². The van der Waals surface area contributed by atoms with E-state index in [4.69, 9.17) is 0 Å². The van der Waals surface area contributed by atoms with Crippen molar-refractivity contribution in [3.63, 3.8) is 0 Å². The Labute approximate surface area is 171 Å². The molecule has 3 aromatic carbocycles. The van der Waals surface area contributed by atoms with Crippen LogP contribution in [-0.2, 0) is 16.4 Å². The third-order valence-electron chi connectivity index (χ3n) is 5.29. The van der Waals surface area contributed by atoms with Crippen molar-refractivity contribution in [2.24, 2.45) is 0 Å². The second kappa shape index (κ2) is 7.37.